The summed E-state index contributed by atoms with van der Waals surface area (Å²) in [4.78, 5) is 3.81. The Bertz CT molecular complexity index is 862. The van der Waals surface area contributed by atoms with Gasteiger partial charge in [-0.3, -0.25) is 4.72 Å². The van der Waals surface area contributed by atoms with Gasteiger partial charge in [0.05, 0.1) is 16.4 Å². The summed E-state index contributed by atoms with van der Waals surface area (Å²) in [6.45, 7) is 0.463. The summed E-state index contributed by atoms with van der Waals surface area (Å²) in [6.07, 6.45) is 1.48. The number of sulfonamides is 2. The fourth-order valence-electron chi connectivity index (χ4n) is 1.76. The standard InChI is InChI=1S/C13H17N3O5S3/c1-16(8-9-21-2)24(19,20)12-5-3-11(4-6-12)23(17,18)15-13-14-7-10-22-13/h3-7,10H,8-9H2,1-2H3,(H,14,15). The Morgan fingerprint density at radius 2 is 1.79 bits per heavy atom. The maximum Gasteiger partial charge on any atom is 0.263 e. The van der Waals surface area contributed by atoms with Crippen LogP contribution in [0.3, 0.4) is 0 Å². The minimum atomic E-state index is -3.81. The molecule has 2 aromatic rings. The van der Waals surface area contributed by atoms with E-state index in [1.807, 2.05) is 0 Å². The van der Waals surface area contributed by atoms with Crippen molar-refractivity contribution < 1.29 is 21.6 Å². The van der Waals surface area contributed by atoms with E-state index in [4.69, 9.17) is 4.74 Å². The van der Waals surface area contributed by atoms with E-state index in [1.165, 1.54) is 44.6 Å². The molecule has 2 rings (SSSR count). The molecule has 1 aromatic carbocycles. The maximum absolute atomic E-state index is 12.4. The molecule has 11 heteroatoms. The quantitative estimate of drug-likeness (QED) is 0.725. The van der Waals surface area contributed by atoms with Gasteiger partial charge in [-0.25, -0.2) is 21.8 Å². The van der Waals surface area contributed by atoms with Gasteiger partial charge >= 0.3 is 0 Å². The molecule has 0 saturated heterocycles. The van der Waals surface area contributed by atoms with Crippen LogP contribution >= 0.6 is 11.3 Å². The van der Waals surface area contributed by atoms with Crippen LogP contribution in [0.4, 0.5) is 5.13 Å². The number of likely N-dealkylation sites (N-methyl/N-ethyl adjacent to an activating group) is 1. The molecule has 0 aliphatic heterocycles. The highest BCUT2D eigenvalue weighted by Crippen LogP contribution is 2.20. The lowest BCUT2D eigenvalue weighted by Crippen LogP contribution is -2.30. The number of hydrogen-bond donors (Lipinski definition) is 1. The Balaban J connectivity index is 2.21. The summed E-state index contributed by atoms with van der Waals surface area (Å²) >= 11 is 1.15. The van der Waals surface area contributed by atoms with Crippen molar-refractivity contribution in [2.24, 2.45) is 0 Å². The first-order chi connectivity index (χ1) is 11.3. The smallest absolute Gasteiger partial charge is 0.263 e. The van der Waals surface area contributed by atoms with Crippen molar-refractivity contribution in [2.45, 2.75) is 9.79 Å². The summed E-state index contributed by atoms with van der Waals surface area (Å²) in [7, 11) is -4.59. The molecule has 0 aliphatic rings. The summed E-state index contributed by atoms with van der Waals surface area (Å²) in [6, 6.07) is 5.00. The van der Waals surface area contributed by atoms with Crippen molar-refractivity contribution in [3.05, 3.63) is 35.8 Å². The van der Waals surface area contributed by atoms with E-state index < -0.39 is 20.0 Å². The second kappa shape index (κ2) is 7.57. The second-order valence-corrected chi connectivity index (χ2v) is 9.36. The molecule has 0 spiro atoms. The molecule has 0 fully saturated rings. The van der Waals surface area contributed by atoms with E-state index in [9.17, 15) is 16.8 Å². The predicted octanol–water partition coefficient (Wildman–Crippen LogP) is 1.21. The van der Waals surface area contributed by atoms with Gasteiger partial charge in [-0.15, -0.1) is 11.3 Å². The number of rotatable bonds is 8. The van der Waals surface area contributed by atoms with Crippen LogP contribution in [0.15, 0.2) is 45.6 Å². The average Bonchev–Trinajstić information content (AvgIpc) is 3.04. The molecular weight excluding hydrogens is 374 g/mol. The van der Waals surface area contributed by atoms with Gasteiger partial charge in [-0.05, 0) is 24.3 Å². The molecule has 0 amide bonds. The Hall–Kier alpha value is -1.53. The van der Waals surface area contributed by atoms with Crippen molar-refractivity contribution >= 4 is 36.5 Å². The largest absolute Gasteiger partial charge is 0.383 e. The minimum absolute atomic E-state index is 0.00861. The van der Waals surface area contributed by atoms with E-state index in [1.54, 1.807) is 5.38 Å². The molecule has 0 saturated carbocycles. The van der Waals surface area contributed by atoms with Crippen molar-refractivity contribution in [3.8, 4) is 0 Å². The van der Waals surface area contributed by atoms with Crippen LogP contribution in [0.5, 0.6) is 0 Å². The van der Waals surface area contributed by atoms with Crippen LogP contribution in [0.25, 0.3) is 0 Å². The molecule has 0 radical (unpaired) electrons. The predicted molar refractivity (Wildman–Crippen MR) is 91.1 cm³/mol. The molecule has 132 valence electrons. The summed E-state index contributed by atoms with van der Waals surface area (Å²) in [5, 5.41) is 1.88. The number of aromatic nitrogens is 1. The van der Waals surface area contributed by atoms with Crippen LogP contribution in [-0.4, -0.2) is 53.4 Å². The molecule has 0 aliphatic carbocycles. The molecule has 1 N–H and O–H groups in total. The molecule has 0 bridgehead atoms. The third-order valence-electron chi connectivity index (χ3n) is 3.11. The van der Waals surface area contributed by atoms with Gasteiger partial charge in [0.15, 0.2) is 5.13 Å². The zero-order chi connectivity index (χ0) is 17.8. The zero-order valence-electron chi connectivity index (χ0n) is 13.0. The van der Waals surface area contributed by atoms with E-state index >= 15 is 0 Å². The highest BCUT2D eigenvalue weighted by molar-refractivity contribution is 7.93. The van der Waals surface area contributed by atoms with Gasteiger partial charge in [0.2, 0.25) is 10.0 Å². The summed E-state index contributed by atoms with van der Waals surface area (Å²) < 4.78 is 57.5. The van der Waals surface area contributed by atoms with Gasteiger partial charge in [0.1, 0.15) is 0 Å². The van der Waals surface area contributed by atoms with Crippen molar-refractivity contribution in [1.29, 1.82) is 0 Å². The van der Waals surface area contributed by atoms with E-state index in [-0.39, 0.29) is 28.1 Å². The third-order valence-corrected chi connectivity index (χ3v) is 7.15. The molecular formula is C13H17N3O5S3. The fourth-order valence-corrected chi connectivity index (χ4v) is 4.70. The first-order valence-electron chi connectivity index (χ1n) is 6.75. The van der Waals surface area contributed by atoms with E-state index in [0.29, 0.717) is 0 Å². The molecule has 0 atom stereocenters. The Kier molecular flexibility index (Phi) is 5.93. The summed E-state index contributed by atoms with van der Waals surface area (Å²) in [5.74, 6) is 0. The monoisotopic (exact) mass is 391 g/mol. The van der Waals surface area contributed by atoms with E-state index in [0.717, 1.165) is 15.6 Å². The molecule has 0 unspecified atom stereocenters. The highest BCUT2D eigenvalue weighted by atomic mass is 32.2. The summed E-state index contributed by atoms with van der Waals surface area (Å²) in [5.41, 5.74) is 0. The normalized spacial score (nSPS) is 12.5. The van der Waals surface area contributed by atoms with Crippen molar-refractivity contribution in [1.82, 2.24) is 9.29 Å². The second-order valence-electron chi connectivity index (χ2n) is 4.73. The Labute approximate surface area is 145 Å². The van der Waals surface area contributed by atoms with Crippen LogP contribution in [0, 0.1) is 0 Å². The Morgan fingerprint density at radius 3 is 2.33 bits per heavy atom. The first kappa shape index (κ1) is 18.8. The van der Waals surface area contributed by atoms with Crippen LogP contribution in [0.2, 0.25) is 0 Å². The lowest BCUT2D eigenvalue weighted by atomic mass is 10.4. The van der Waals surface area contributed by atoms with Crippen molar-refractivity contribution in [3.63, 3.8) is 0 Å². The van der Waals surface area contributed by atoms with Crippen LogP contribution < -0.4 is 4.72 Å². The number of nitrogens with zero attached hydrogens (tertiary/aromatic N) is 2. The number of ether oxygens (including phenoxy) is 1. The molecule has 8 nitrogen and oxygen atoms in total. The topological polar surface area (TPSA) is 106 Å². The fraction of sp³-hybridized carbons (Fsp3) is 0.308. The SMILES string of the molecule is COCCN(C)S(=O)(=O)c1ccc(S(=O)(=O)Nc2nccs2)cc1. The molecule has 1 aromatic heterocycles. The average molecular weight is 391 g/mol. The molecule has 24 heavy (non-hydrogen) atoms. The molecule has 1 heterocycles. The first-order valence-corrected chi connectivity index (χ1v) is 10.6. The van der Waals surface area contributed by atoms with Crippen LogP contribution in [-0.2, 0) is 24.8 Å². The van der Waals surface area contributed by atoms with Crippen LogP contribution in [0.1, 0.15) is 0 Å². The number of methoxy groups -OCH3 is 1. The highest BCUT2D eigenvalue weighted by Gasteiger charge is 2.22. The third kappa shape index (κ3) is 4.30. The van der Waals surface area contributed by atoms with Gasteiger partial charge in [0.25, 0.3) is 10.0 Å². The number of benzene rings is 1. The van der Waals surface area contributed by atoms with Gasteiger partial charge in [-0.1, -0.05) is 0 Å². The zero-order valence-corrected chi connectivity index (χ0v) is 15.5. The lowest BCUT2D eigenvalue weighted by molar-refractivity contribution is 0.185. The number of hydrogen-bond acceptors (Lipinski definition) is 7. The lowest BCUT2D eigenvalue weighted by Gasteiger charge is -2.16. The minimum Gasteiger partial charge on any atom is -0.383 e. The van der Waals surface area contributed by atoms with E-state index in [2.05, 4.69) is 9.71 Å². The number of anilines is 1. The Morgan fingerprint density at radius 1 is 1.17 bits per heavy atom. The van der Waals surface area contributed by atoms with Gasteiger partial charge in [-0.2, -0.15) is 4.31 Å². The number of thiazole rings is 1. The van der Waals surface area contributed by atoms with Gasteiger partial charge < -0.3 is 4.74 Å². The van der Waals surface area contributed by atoms with Gasteiger partial charge in [0, 0.05) is 32.3 Å². The number of nitrogens with one attached hydrogen (secondary N) is 1. The van der Waals surface area contributed by atoms with Crippen molar-refractivity contribution in [2.75, 3.05) is 32.0 Å². The maximum atomic E-state index is 12.4.